The number of nitrogens with two attached hydrogens (primary N) is 1. The minimum absolute atomic E-state index is 0.128. The molecule has 0 aromatic carbocycles. The largest absolute Gasteiger partial charge is 0.329 e. The van der Waals surface area contributed by atoms with E-state index in [0.29, 0.717) is 6.54 Å². The maximum absolute atomic E-state index is 5.74. The molecule has 0 aliphatic rings. The summed E-state index contributed by atoms with van der Waals surface area (Å²) in [6.07, 6.45) is 7.55. The number of thiophene rings is 1. The molecule has 1 aromatic heterocycles. The van der Waals surface area contributed by atoms with Crippen LogP contribution in [0, 0.1) is 12.3 Å². The van der Waals surface area contributed by atoms with E-state index in [4.69, 9.17) is 12.2 Å². The van der Waals surface area contributed by atoms with Crippen LogP contribution in [0.4, 0.5) is 0 Å². The second-order valence-corrected chi connectivity index (χ2v) is 4.30. The van der Waals surface area contributed by atoms with E-state index < -0.39 is 0 Å². The molecule has 0 aliphatic carbocycles. The highest BCUT2D eigenvalue weighted by Crippen LogP contribution is 2.16. The highest BCUT2D eigenvalue weighted by Gasteiger charge is 2.13. The standard InChI is InChI=1S/C12H18N2S/c1-3-5-11(4-2)14-12(8-13)10-6-7-15-9-10/h2,6-7,9,11-12,14H,3,5,8,13H2,1H3. The molecule has 0 bridgehead atoms. The summed E-state index contributed by atoms with van der Waals surface area (Å²) in [5, 5.41) is 7.58. The van der Waals surface area contributed by atoms with Crippen LogP contribution in [0.5, 0.6) is 0 Å². The second-order valence-electron chi connectivity index (χ2n) is 3.52. The van der Waals surface area contributed by atoms with Crippen LogP contribution in [-0.4, -0.2) is 12.6 Å². The first-order chi connectivity index (χ1) is 7.31. The van der Waals surface area contributed by atoms with Crippen molar-refractivity contribution in [1.82, 2.24) is 5.32 Å². The molecule has 0 radical (unpaired) electrons. The van der Waals surface area contributed by atoms with Gasteiger partial charge >= 0.3 is 0 Å². The van der Waals surface area contributed by atoms with Crippen molar-refractivity contribution in [1.29, 1.82) is 0 Å². The van der Waals surface area contributed by atoms with E-state index in [1.54, 1.807) is 11.3 Å². The smallest absolute Gasteiger partial charge is 0.0692 e. The van der Waals surface area contributed by atoms with Gasteiger partial charge in [0.25, 0.3) is 0 Å². The van der Waals surface area contributed by atoms with Crippen LogP contribution < -0.4 is 11.1 Å². The minimum Gasteiger partial charge on any atom is -0.329 e. The molecule has 1 heterocycles. The van der Waals surface area contributed by atoms with E-state index in [1.165, 1.54) is 5.56 Å². The summed E-state index contributed by atoms with van der Waals surface area (Å²) in [5.74, 6) is 2.77. The zero-order valence-corrected chi connectivity index (χ0v) is 9.89. The molecule has 0 saturated heterocycles. The summed E-state index contributed by atoms with van der Waals surface area (Å²) < 4.78 is 0. The molecule has 3 heteroatoms. The lowest BCUT2D eigenvalue weighted by atomic mass is 10.1. The van der Waals surface area contributed by atoms with Gasteiger partial charge in [0.15, 0.2) is 0 Å². The summed E-state index contributed by atoms with van der Waals surface area (Å²) in [6.45, 7) is 2.71. The monoisotopic (exact) mass is 222 g/mol. The Balaban J connectivity index is 2.57. The van der Waals surface area contributed by atoms with Gasteiger partial charge in [0.1, 0.15) is 0 Å². The van der Waals surface area contributed by atoms with Crippen molar-refractivity contribution in [3.8, 4) is 12.3 Å². The Morgan fingerprint density at radius 2 is 2.47 bits per heavy atom. The lowest BCUT2D eigenvalue weighted by Gasteiger charge is -2.20. The fourth-order valence-corrected chi connectivity index (χ4v) is 2.23. The van der Waals surface area contributed by atoms with Crippen LogP contribution in [0.3, 0.4) is 0 Å². The maximum Gasteiger partial charge on any atom is 0.0692 e. The third kappa shape index (κ3) is 3.67. The molecule has 3 N–H and O–H groups in total. The molecule has 2 nitrogen and oxygen atoms in total. The third-order valence-electron chi connectivity index (χ3n) is 2.36. The summed E-state index contributed by atoms with van der Waals surface area (Å²) in [5.41, 5.74) is 6.97. The molecule has 82 valence electrons. The Labute approximate surface area is 95.9 Å². The highest BCUT2D eigenvalue weighted by atomic mass is 32.1. The van der Waals surface area contributed by atoms with E-state index in [-0.39, 0.29) is 12.1 Å². The number of nitrogens with one attached hydrogen (secondary N) is 1. The van der Waals surface area contributed by atoms with Gasteiger partial charge in [0.2, 0.25) is 0 Å². The van der Waals surface area contributed by atoms with Crippen molar-refractivity contribution >= 4 is 11.3 Å². The number of hydrogen-bond acceptors (Lipinski definition) is 3. The second kappa shape index (κ2) is 6.62. The SMILES string of the molecule is C#CC(CCC)NC(CN)c1ccsc1. The van der Waals surface area contributed by atoms with E-state index in [1.807, 2.05) is 0 Å². The van der Waals surface area contributed by atoms with Crippen molar-refractivity contribution in [3.05, 3.63) is 22.4 Å². The summed E-state index contributed by atoms with van der Waals surface area (Å²) in [6, 6.07) is 2.40. The van der Waals surface area contributed by atoms with Crippen LogP contribution >= 0.6 is 11.3 Å². The Bertz CT molecular complexity index is 300. The lowest BCUT2D eigenvalue weighted by molar-refractivity contribution is 0.476. The Morgan fingerprint density at radius 3 is 2.93 bits per heavy atom. The molecule has 1 aromatic rings. The van der Waals surface area contributed by atoms with Crippen molar-refractivity contribution in [2.45, 2.75) is 31.8 Å². The van der Waals surface area contributed by atoms with E-state index in [0.717, 1.165) is 12.8 Å². The van der Waals surface area contributed by atoms with Gasteiger partial charge in [-0.2, -0.15) is 11.3 Å². The fraction of sp³-hybridized carbons (Fsp3) is 0.500. The predicted octanol–water partition coefficient (Wildman–Crippen LogP) is 2.14. The van der Waals surface area contributed by atoms with E-state index in [2.05, 4.69) is 35.0 Å². The average molecular weight is 222 g/mol. The lowest BCUT2D eigenvalue weighted by Crippen LogP contribution is -2.35. The zero-order chi connectivity index (χ0) is 11.1. The Hall–Kier alpha value is -0.820. The van der Waals surface area contributed by atoms with Crippen molar-refractivity contribution in [3.63, 3.8) is 0 Å². The molecule has 0 fully saturated rings. The van der Waals surface area contributed by atoms with E-state index >= 15 is 0 Å². The van der Waals surface area contributed by atoms with Gasteiger partial charge in [-0.05, 0) is 28.8 Å². The van der Waals surface area contributed by atoms with Crippen LogP contribution in [-0.2, 0) is 0 Å². The highest BCUT2D eigenvalue weighted by molar-refractivity contribution is 7.07. The van der Waals surface area contributed by atoms with Gasteiger partial charge in [-0.3, -0.25) is 5.32 Å². The van der Waals surface area contributed by atoms with Crippen LogP contribution in [0.1, 0.15) is 31.4 Å². The fourth-order valence-electron chi connectivity index (χ4n) is 1.52. The molecule has 0 aliphatic heterocycles. The molecule has 0 amide bonds. The van der Waals surface area contributed by atoms with Gasteiger partial charge in [-0.15, -0.1) is 6.42 Å². The average Bonchev–Trinajstić information content (AvgIpc) is 2.77. The molecule has 1 rings (SSSR count). The number of terminal acetylenes is 1. The quantitative estimate of drug-likeness (QED) is 0.724. The molecule has 0 spiro atoms. The van der Waals surface area contributed by atoms with Crippen molar-refractivity contribution < 1.29 is 0 Å². The van der Waals surface area contributed by atoms with Gasteiger partial charge in [-0.1, -0.05) is 19.3 Å². The number of rotatable bonds is 6. The normalized spacial score (nSPS) is 14.5. The van der Waals surface area contributed by atoms with Crippen molar-refractivity contribution in [2.24, 2.45) is 5.73 Å². The zero-order valence-electron chi connectivity index (χ0n) is 9.07. The molecule has 15 heavy (non-hydrogen) atoms. The summed E-state index contributed by atoms with van der Waals surface area (Å²) in [4.78, 5) is 0. The molecule has 2 atom stereocenters. The summed E-state index contributed by atoms with van der Waals surface area (Å²) >= 11 is 1.68. The first kappa shape index (κ1) is 12.3. The molecule has 0 saturated carbocycles. The summed E-state index contributed by atoms with van der Waals surface area (Å²) in [7, 11) is 0. The van der Waals surface area contributed by atoms with Gasteiger partial charge in [0.05, 0.1) is 6.04 Å². The molecule has 2 unspecified atom stereocenters. The van der Waals surface area contributed by atoms with Gasteiger partial charge < -0.3 is 5.73 Å². The van der Waals surface area contributed by atoms with Crippen LogP contribution in [0.15, 0.2) is 16.8 Å². The van der Waals surface area contributed by atoms with E-state index in [9.17, 15) is 0 Å². The van der Waals surface area contributed by atoms with Gasteiger partial charge in [0, 0.05) is 12.6 Å². The van der Waals surface area contributed by atoms with Gasteiger partial charge in [-0.25, -0.2) is 0 Å². The molecular formula is C12H18N2S. The third-order valence-corrected chi connectivity index (χ3v) is 3.06. The topological polar surface area (TPSA) is 38.0 Å². The minimum atomic E-state index is 0.128. The van der Waals surface area contributed by atoms with Crippen molar-refractivity contribution in [2.75, 3.05) is 6.54 Å². The Kier molecular flexibility index (Phi) is 5.41. The molecular weight excluding hydrogens is 204 g/mol. The first-order valence-electron chi connectivity index (χ1n) is 5.26. The number of hydrogen-bond donors (Lipinski definition) is 2. The van der Waals surface area contributed by atoms with Crippen LogP contribution in [0.2, 0.25) is 0 Å². The first-order valence-corrected chi connectivity index (χ1v) is 6.20. The maximum atomic E-state index is 5.74. The van der Waals surface area contributed by atoms with Crippen LogP contribution in [0.25, 0.3) is 0 Å². The Morgan fingerprint density at radius 1 is 1.67 bits per heavy atom. The predicted molar refractivity (Wildman–Crippen MR) is 66.8 cm³/mol.